The Morgan fingerprint density at radius 2 is 1.89 bits per heavy atom. The average molecular weight is 267 g/mol. The van der Waals surface area contributed by atoms with E-state index in [2.05, 4.69) is 30.7 Å². The van der Waals surface area contributed by atoms with Gasteiger partial charge in [0.25, 0.3) is 0 Å². The molecule has 1 aliphatic heterocycles. The first-order valence-electron chi connectivity index (χ1n) is 7.05. The van der Waals surface area contributed by atoms with Crippen molar-refractivity contribution < 1.29 is 0 Å². The third kappa shape index (κ3) is 2.54. The number of aryl methyl sites for hydroxylation is 1. The van der Waals surface area contributed by atoms with Crippen LogP contribution in [0.5, 0.6) is 0 Å². The number of hydrogen-bond donors (Lipinski definition) is 1. The van der Waals surface area contributed by atoms with E-state index in [1.54, 1.807) is 11.3 Å². The normalized spacial score (nSPS) is 19.2. The van der Waals surface area contributed by atoms with E-state index in [-0.39, 0.29) is 0 Å². The van der Waals surface area contributed by atoms with Gasteiger partial charge in [0, 0.05) is 24.5 Å². The maximum atomic E-state index is 5.73. The van der Waals surface area contributed by atoms with E-state index in [0.29, 0.717) is 12.0 Å². The summed E-state index contributed by atoms with van der Waals surface area (Å²) in [5.74, 6) is 0. The lowest BCUT2D eigenvalue weighted by atomic mass is 9.74. The monoisotopic (exact) mass is 267 g/mol. The van der Waals surface area contributed by atoms with Gasteiger partial charge in [-0.25, -0.2) is 4.98 Å². The van der Waals surface area contributed by atoms with Gasteiger partial charge in [-0.1, -0.05) is 26.7 Å². The van der Waals surface area contributed by atoms with Gasteiger partial charge >= 0.3 is 0 Å². The highest BCUT2D eigenvalue weighted by Crippen LogP contribution is 2.40. The van der Waals surface area contributed by atoms with Gasteiger partial charge in [-0.05, 0) is 25.2 Å². The predicted octanol–water partition coefficient (Wildman–Crippen LogP) is 3.32. The van der Waals surface area contributed by atoms with Crippen LogP contribution in [0.3, 0.4) is 0 Å². The number of rotatable bonds is 4. The van der Waals surface area contributed by atoms with Crippen molar-refractivity contribution >= 4 is 16.5 Å². The number of anilines is 1. The first-order chi connectivity index (χ1) is 8.64. The van der Waals surface area contributed by atoms with Crippen LogP contribution >= 0.6 is 11.3 Å². The fraction of sp³-hybridized carbons (Fsp3) is 0.786. The van der Waals surface area contributed by atoms with E-state index in [4.69, 9.17) is 5.73 Å². The molecule has 0 unspecified atom stereocenters. The first-order valence-corrected chi connectivity index (χ1v) is 7.87. The van der Waals surface area contributed by atoms with Gasteiger partial charge in [0.15, 0.2) is 5.13 Å². The van der Waals surface area contributed by atoms with Crippen molar-refractivity contribution in [2.45, 2.75) is 53.0 Å². The lowest BCUT2D eigenvalue weighted by Gasteiger charge is -2.40. The van der Waals surface area contributed by atoms with Gasteiger partial charge in [-0.15, -0.1) is 11.3 Å². The largest absolute Gasteiger partial charge is 0.348 e. The number of hydrogen-bond acceptors (Lipinski definition) is 4. The molecule has 0 radical (unpaired) electrons. The molecule has 1 fully saturated rings. The molecule has 0 saturated carbocycles. The molecule has 1 aromatic rings. The summed E-state index contributed by atoms with van der Waals surface area (Å²) in [4.78, 5) is 8.34. The molecule has 0 spiro atoms. The Morgan fingerprint density at radius 1 is 1.28 bits per heavy atom. The molecular weight excluding hydrogens is 242 g/mol. The van der Waals surface area contributed by atoms with Crippen LogP contribution in [0.15, 0.2) is 0 Å². The van der Waals surface area contributed by atoms with Crippen molar-refractivity contribution in [3.8, 4) is 0 Å². The molecule has 1 aromatic heterocycles. The Bertz CT molecular complexity index is 386. The summed E-state index contributed by atoms with van der Waals surface area (Å²) in [5.41, 5.74) is 7.43. The second-order valence-electron chi connectivity index (χ2n) is 5.40. The molecule has 1 saturated heterocycles. The van der Waals surface area contributed by atoms with E-state index < -0.39 is 0 Å². The number of aromatic nitrogens is 1. The lowest BCUT2D eigenvalue weighted by Crippen LogP contribution is -2.39. The number of nitrogens with two attached hydrogens (primary N) is 1. The van der Waals surface area contributed by atoms with Crippen molar-refractivity contribution in [3.05, 3.63) is 10.6 Å². The topological polar surface area (TPSA) is 42.2 Å². The molecular formula is C14H25N3S. The Kier molecular flexibility index (Phi) is 4.28. The molecule has 2 heterocycles. The zero-order valence-corrected chi connectivity index (χ0v) is 12.6. The molecule has 102 valence electrons. The van der Waals surface area contributed by atoms with Crippen LogP contribution in [-0.4, -0.2) is 18.1 Å². The molecule has 0 aliphatic carbocycles. The third-order valence-electron chi connectivity index (χ3n) is 4.66. The van der Waals surface area contributed by atoms with E-state index in [1.807, 2.05) is 0 Å². The molecule has 0 aromatic carbocycles. The van der Waals surface area contributed by atoms with Crippen molar-refractivity contribution in [1.82, 2.24) is 4.98 Å². The van der Waals surface area contributed by atoms with Crippen molar-refractivity contribution in [3.63, 3.8) is 0 Å². The van der Waals surface area contributed by atoms with E-state index in [9.17, 15) is 0 Å². The Balaban J connectivity index is 2.05. The zero-order valence-electron chi connectivity index (χ0n) is 11.8. The van der Waals surface area contributed by atoms with Crippen LogP contribution in [0.4, 0.5) is 5.13 Å². The Labute approximate surface area is 114 Å². The third-order valence-corrected chi connectivity index (χ3v) is 5.90. The maximum Gasteiger partial charge on any atom is 0.185 e. The van der Waals surface area contributed by atoms with Gasteiger partial charge in [0.05, 0.1) is 5.69 Å². The minimum Gasteiger partial charge on any atom is -0.348 e. The Morgan fingerprint density at radius 3 is 2.33 bits per heavy atom. The summed E-state index contributed by atoms with van der Waals surface area (Å²) in [6.07, 6.45) is 5.22. The van der Waals surface area contributed by atoms with Gasteiger partial charge in [0.1, 0.15) is 0 Å². The number of nitrogens with zero attached hydrogens (tertiary/aromatic N) is 2. The summed E-state index contributed by atoms with van der Waals surface area (Å²) < 4.78 is 0. The van der Waals surface area contributed by atoms with Crippen molar-refractivity contribution in [2.75, 3.05) is 18.0 Å². The van der Waals surface area contributed by atoms with Crippen LogP contribution in [0, 0.1) is 12.3 Å². The first kappa shape index (κ1) is 13.8. The standard InChI is InChI=1S/C14H25N3S/c1-4-14(5-2)6-8-17(9-7-14)13-16-11(3)12(10-15)18-13/h4-10,15H2,1-3H3. The number of thiazole rings is 1. The molecule has 0 atom stereocenters. The van der Waals surface area contributed by atoms with Gasteiger partial charge in [0.2, 0.25) is 0 Å². The Hall–Kier alpha value is -0.610. The highest BCUT2D eigenvalue weighted by Gasteiger charge is 2.32. The predicted molar refractivity (Wildman–Crippen MR) is 79.2 cm³/mol. The fourth-order valence-electron chi connectivity index (χ4n) is 2.87. The molecule has 18 heavy (non-hydrogen) atoms. The summed E-state index contributed by atoms with van der Waals surface area (Å²) in [6, 6.07) is 0. The van der Waals surface area contributed by atoms with Crippen molar-refractivity contribution in [1.29, 1.82) is 0 Å². The smallest absolute Gasteiger partial charge is 0.185 e. The van der Waals surface area contributed by atoms with Gasteiger partial charge < -0.3 is 10.6 Å². The number of piperidine rings is 1. The second-order valence-corrected chi connectivity index (χ2v) is 6.47. The molecule has 3 nitrogen and oxygen atoms in total. The van der Waals surface area contributed by atoms with Crippen LogP contribution in [-0.2, 0) is 6.54 Å². The average Bonchev–Trinajstić information content (AvgIpc) is 2.80. The summed E-state index contributed by atoms with van der Waals surface area (Å²) >= 11 is 1.77. The molecule has 2 rings (SSSR count). The van der Waals surface area contributed by atoms with Gasteiger partial charge in [-0.2, -0.15) is 0 Å². The summed E-state index contributed by atoms with van der Waals surface area (Å²) in [7, 11) is 0. The zero-order chi connectivity index (χ0) is 13.2. The molecule has 0 bridgehead atoms. The van der Waals surface area contributed by atoms with Crippen LogP contribution in [0.1, 0.15) is 50.1 Å². The second kappa shape index (κ2) is 5.57. The lowest BCUT2D eigenvalue weighted by molar-refractivity contribution is 0.199. The highest BCUT2D eigenvalue weighted by molar-refractivity contribution is 7.15. The fourth-order valence-corrected chi connectivity index (χ4v) is 3.86. The molecule has 2 N–H and O–H groups in total. The minimum absolute atomic E-state index is 0.583. The maximum absolute atomic E-state index is 5.73. The molecule has 1 aliphatic rings. The summed E-state index contributed by atoms with van der Waals surface area (Å²) in [5, 5.41) is 1.17. The van der Waals surface area contributed by atoms with E-state index in [1.165, 1.54) is 35.7 Å². The minimum atomic E-state index is 0.583. The molecule has 0 amide bonds. The van der Waals surface area contributed by atoms with Crippen molar-refractivity contribution in [2.24, 2.45) is 11.1 Å². The van der Waals surface area contributed by atoms with E-state index in [0.717, 1.165) is 18.8 Å². The van der Waals surface area contributed by atoms with Crippen LogP contribution < -0.4 is 10.6 Å². The molecule has 4 heteroatoms. The highest BCUT2D eigenvalue weighted by atomic mass is 32.1. The van der Waals surface area contributed by atoms with Crippen LogP contribution in [0.25, 0.3) is 0 Å². The van der Waals surface area contributed by atoms with Gasteiger partial charge in [-0.3, -0.25) is 0 Å². The quantitative estimate of drug-likeness (QED) is 0.910. The SMILES string of the molecule is CCC1(CC)CCN(c2nc(C)c(CN)s2)CC1. The summed E-state index contributed by atoms with van der Waals surface area (Å²) in [6.45, 7) is 9.65. The van der Waals surface area contributed by atoms with E-state index >= 15 is 0 Å². The van der Waals surface area contributed by atoms with Crippen LogP contribution in [0.2, 0.25) is 0 Å².